The normalized spacial score (nSPS) is 12.7. The van der Waals surface area contributed by atoms with Crippen LogP contribution >= 0.6 is 0 Å². The summed E-state index contributed by atoms with van der Waals surface area (Å²) in [7, 11) is 1.80. The van der Waals surface area contributed by atoms with Gasteiger partial charge in [-0.2, -0.15) is 0 Å². The van der Waals surface area contributed by atoms with Gasteiger partial charge in [0.15, 0.2) is 0 Å². The first-order valence-electron chi connectivity index (χ1n) is 6.49. The van der Waals surface area contributed by atoms with Crippen LogP contribution in [0.2, 0.25) is 0 Å². The van der Waals surface area contributed by atoms with Gasteiger partial charge in [-0.1, -0.05) is 13.8 Å². The van der Waals surface area contributed by atoms with Crippen LogP contribution in [-0.2, 0) is 11.3 Å². The number of rotatable bonds is 7. The Balaban J connectivity index is 2.43. The van der Waals surface area contributed by atoms with Crippen LogP contribution in [0.15, 0.2) is 22.8 Å². The van der Waals surface area contributed by atoms with E-state index in [2.05, 4.69) is 13.8 Å². The van der Waals surface area contributed by atoms with E-state index in [1.807, 2.05) is 12.1 Å². The maximum absolute atomic E-state index is 12.0. The van der Waals surface area contributed by atoms with Crippen molar-refractivity contribution in [1.82, 2.24) is 4.90 Å². The topological polar surface area (TPSA) is 59.5 Å². The zero-order chi connectivity index (χ0) is 13.5. The third-order valence-corrected chi connectivity index (χ3v) is 3.00. The van der Waals surface area contributed by atoms with Crippen LogP contribution in [0, 0.1) is 11.8 Å². The summed E-state index contributed by atoms with van der Waals surface area (Å²) in [6, 6.07) is 3.70. The van der Waals surface area contributed by atoms with Crippen LogP contribution < -0.4 is 5.73 Å². The average molecular weight is 252 g/mol. The summed E-state index contributed by atoms with van der Waals surface area (Å²) in [4.78, 5) is 13.7. The second-order valence-corrected chi connectivity index (χ2v) is 5.26. The maximum atomic E-state index is 12.0. The molecule has 1 unspecified atom stereocenters. The van der Waals surface area contributed by atoms with E-state index in [4.69, 9.17) is 10.2 Å². The van der Waals surface area contributed by atoms with Gasteiger partial charge in [-0.3, -0.25) is 4.79 Å². The van der Waals surface area contributed by atoms with Crippen LogP contribution in [0.4, 0.5) is 0 Å². The molecule has 0 spiro atoms. The highest BCUT2D eigenvalue weighted by atomic mass is 16.3. The highest BCUT2D eigenvalue weighted by Crippen LogP contribution is 2.16. The van der Waals surface area contributed by atoms with Crippen molar-refractivity contribution in [2.75, 3.05) is 13.6 Å². The van der Waals surface area contributed by atoms with Gasteiger partial charge in [0.2, 0.25) is 5.91 Å². The first-order valence-corrected chi connectivity index (χ1v) is 6.49. The molecule has 2 N–H and O–H groups in total. The first-order chi connectivity index (χ1) is 8.52. The molecule has 4 heteroatoms. The Bertz CT molecular complexity index is 347. The molecule has 1 heterocycles. The summed E-state index contributed by atoms with van der Waals surface area (Å²) >= 11 is 0. The molecule has 0 aliphatic carbocycles. The van der Waals surface area contributed by atoms with Gasteiger partial charge in [0.1, 0.15) is 5.76 Å². The first kappa shape index (κ1) is 14.8. The van der Waals surface area contributed by atoms with Crippen molar-refractivity contribution in [2.45, 2.75) is 33.2 Å². The quantitative estimate of drug-likeness (QED) is 0.809. The lowest BCUT2D eigenvalue weighted by Gasteiger charge is -2.21. The Kier molecular flexibility index (Phi) is 5.92. The number of hydrogen-bond donors (Lipinski definition) is 1. The molecule has 0 aromatic carbocycles. The molecule has 0 radical (unpaired) electrons. The Morgan fingerprint density at radius 1 is 1.50 bits per heavy atom. The summed E-state index contributed by atoms with van der Waals surface area (Å²) < 4.78 is 5.23. The Morgan fingerprint density at radius 3 is 2.72 bits per heavy atom. The van der Waals surface area contributed by atoms with Crippen molar-refractivity contribution in [3.63, 3.8) is 0 Å². The molecule has 0 aliphatic heterocycles. The monoisotopic (exact) mass is 252 g/mol. The number of carbonyl (C=O) groups excluding carboxylic acids is 1. The Morgan fingerprint density at radius 2 is 2.22 bits per heavy atom. The van der Waals surface area contributed by atoms with E-state index in [1.54, 1.807) is 18.2 Å². The maximum Gasteiger partial charge on any atom is 0.223 e. The largest absolute Gasteiger partial charge is 0.467 e. The van der Waals surface area contributed by atoms with Crippen LogP contribution in [-0.4, -0.2) is 24.4 Å². The molecule has 4 nitrogen and oxygen atoms in total. The number of furan rings is 1. The molecule has 0 aliphatic rings. The third kappa shape index (κ3) is 4.92. The SMILES string of the molecule is CC(C)CC(CN)CC(=O)N(C)Cc1ccco1. The van der Waals surface area contributed by atoms with E-state index in [-0.39, 0.29) is 11.8 Å². The van der Waals surface area contributed by atoms with Gasteiger partial charge >= 0.3 is 0 Å². The van der Waals surface area contributed by atoms with E-state index < -0.39 is 0 Å². The zero-order valence-corrected chi connectivity index (χ0v) is 11.6. The molecule has 0 fully saturated rings. The van der Waals surface area contributed by atoms with Crippen LogP contribution in [0.1, 0.15) is 32.4 Å². The molecule has 18 heavy (non-hydrogen) atoms. The highest BCUT2D eigenvalue weighted by molar-refractivity contribution is 5.76. The standard InChI is InChI=1S/C14H24N2O2/c1-11(2)7-12(9-15)8-14(17)16(3)10-13-5-4-6-18-13/h4-6,11-12H,7-10,15H2,1-3H3. The summed E-state index contributed by atoms with van der Waals surface area (Å²) in [5.74, 6) is 1.78. The van der Waals surface area contributed by atoms with E-state index in [0.717, 1.165) is 12.2 Å². The zero-order valence-electron chi connectivity index (χ0n) is 11.6. The van der Waals surface area contributed by atoms with Crippen LogP contribution in [0.5, 0.6) is 0 Å². The van der Waals surface area contributed by atoms with E-state index >= 15 is 0 Å². The number of hydrogen-bond acceptors (Lipinski definition) is 3. The predicted molar refractivity (Wildman–Crippen MR) is 71.8 cm³/mol. The van der Waals surface area contributed by atoms with E-state index in [1.165, 1.54) is 0 Å². The van der Waals surface area contributed by atoms with Gasteiger partial charge in [0.25, 0.3) is 0 Å². The van der Waals surface area contributed by atoms with Crippen molar-refractivity contribution < 1.29 is 9.21 Å². The van der Waals surface area contributed by atoms with Crippen molar-refractivity contribution >= 4 is 5.91 Å². The third-order valence-electron chi connectivity index (χ3n) is 3.00. The summed E-state index contributed by atoms with van der Waals surface area (Å²) in [6.45, 7) is 5.39. The molecular formula is C14H24N2O2. The lowest BCUT2D eigenvalue weighted by Crippen LogP contribution is -2.30. The number of amides is 1. The second-order valence-electron chi connectivity index (χ2n) is 5.26. The smallest absolute Gasteiger partial charge is 0.223 e. The molecule has 1 amide bonds. The van der Waals surface area contributed by atoms with Crippen molar-refractivity contribution in [2.24, 2.45) is 17.6 Å². The summed E-state index contributed by atoms with van der Waals surface area (Å²) in [5.41, 5.74) is 5.72. The van der Waals surface area contributed by atoms with Gasteiger partial charge in [-0.05, 0) is 36.9 Å². The number of carbonyl (C=O) groups is 1. The minimum atomic E-state index is 0.127. The fraction of sp³-hybridized carbons (Fsp3) is 0.643. The lowest BCUT2D eigenvalue weighted by atomic mass is 9.94. The van der Waals surface area contributed by atoms with Gasteiger partial charge in [0.05, 0.1) is 12.8 Å². The van der Waals surface area contributed by atoms with E-state index in [9.17, 15) is 4.79 Å². The van der Waals surface area contributed by atoms with Gasteiger partial charge in [-0.25, -0.2) is 0 Å². The fourth-order valence-electron chi connectivity index (χ4n) is 2.06. The van der Waals surface area contributed by atoms with Crippen molar-refractivity contribution in [1.29, 1.82) is 0 Å². The Hall–Kier alpha value is -1.29. The minimum absolute atomic E-state index is 0.127. The van der Waals surface area contributed by atoms with E-state index in [0.29, 0.717) is 25.4 Å². The van der Waals surface area contributed by atoms with Gasteiger partial charge in [0, 0.05) is 13.5 Å². The molecule has 1 aromatic heterocycles. The highest BCUT2D eigenvalue weighted by Gasteiger charge is 2.17. The minimum Gasteiger partial charge on any atom is -0.467 e. The molecule has 1 rings (SSSR count). The molecule has 1 aromatic rings. The average Bonchev–Trinajstić information content (AvgIpc) is 2.80. The number of nitrogens with zero attached hydrogens (tertiary/aromatic N) is 1. The Labute approximate surface area is 109 Å². The van der Waals surface area contributed by atoms with Crippen molar-refractivity contribution in [3.8, 4) is 0 Å². The summed E-state index contributed by atoms with van der Waals surface area (Å²) in [6.07, 6.45) is 3.14. The molecule has 0 saturated carbocycles. The fourth-order valence-corrected chi connectivity index (χ4v) is 2.06. The van der Waals surface area contributed by atoms with Gasteiger partial charge in [-0.15, -0.1) is 0 Å². The van der Waals surface area contributed by atoms with Crippen LogP contribution in [0.3, 0.4) is 0 Å². The molecule has 1 atom stereocenters. The second kappa shape index (κ2) is 7.21. The van der Waals surface area contributed by atoms with Gasteiger partial charge < -0.3 is 15.1 Å². The number of nitrogens with two attached hydrogens (primary N) is 1. The lowest BCUT2D eigenvalue weighted by molar-refractivity contribution is -0.131. The predicted octanol–water partition coefficient (Wildman–Crippen LogP) is 2.25. The van der Waals surface area contributed by atoms with Crippen LogP contribution in [0.25, 0.3) is 0 Å². The summed E-state index contributed by atoms with van der Waals surface area (Å²) in [5, 5.41) is 0. The molecule has 102 valence electrons. The molecule has 0 bridgehead atoms. The van der Waals surface area contributed by atoms with Crippen molar-refractivity contribution in [3.05, 3.63) is 24.2 Å². The molecule has 0 saturated heterocycles. The molecular weight excluding hydrogens is 228 g/mol.